The summed E-state index contributed by atoms with van der Waals surface area (Å²) < 4.78 is 90.5. The van der Waals surface area contributed by atoms with Crippen LogP contribution in [0.1, 0.15) is 128 Å². The van der Waals surface area contributed by atoms with E-state index in [4.69, 9.17) is 71.7 Å². The van der Waals surface area contributed by atoms with E-state index in [9.17, 15) is 28.1 Å². The third-order valence-electron chi connectivity index (χ3n) is 15.6. The molecule has 3 aliphatic carbocycles. The molecule has 0 amide bonds. The van der Waals surface area contributed by atoms with Crippen molar-refractivity contribution >= 4 is 146 Å². The maximum absolute atomic E-state index is 13.6. The standard InChI is InChI=1S/C23H32N7O5P.C22H30N7O5P.C21H28N7O4P.3C3H9N.3ClH/c1-3-12-34-22(31)16(2)29-36(32,35-18-7-5-4-6-8-18)15-33-13-11-30-14-25-19-20(26-17-9-10-17)27-23(24)28-21(19)30;1-3-33-21(30)15(2)28-35(31,34-17-7-5-4-6-8-17)14-32-12-11-29-13-24-18-19(25-16-9-10-16)26-22(23)27-20(18)29;1-14(15(2)29)27-33(30,32-17-6-4-3-5-7-17)13-31-11-10-28-12-23-18-19(24-16-8-9-16)25-21(22)26-20(18)28;3*1-3(2)4;;;/h4-8,14,16-17H,3,9-13,15H2,1-2H3,(H,29,32)(H3,24,26,27,28);4-8,13,15-16H,3,9-12,14H2,1-2H3,(H,28,31)(H3,23,25,26,27);3-7,12,14,16H,8-11,13H2,1-2H3,(H,27,30)(H3,22,24,25,26);3*3H,4H2,1-2H3;3*1H/t16-,36?;15-,35?;14-,33?;;;;;;/m000....../s1. The van der Waals surface area contributed by atoms with Crippen molar-refractivity contribution in [2.24, 2.45) is 17.2 Å². The van der Waals surface area contributed by atoms with Crippen molar-refractivity contribution in [3.05, 3.63) is 110 Å². The number of anilines is 6. The van der Waals surface area contributed by atoms with Crippen LogP contribution in [0.5, 0.6) is 17.2 Å². The van der Waals surface area contributed by atoms with Gasteiger partial charge in [0.2, 0.25) is 17.8 Å². The number of carbonyl (C=O) groups excluding carboxylic acids is 3. The second-order valence-corrected chi connectivity index (χ2v) is 34.7. The van der Waals surface area contributed by atoms with E-state index < -0.39 is 52.6 Å². The lowest BCUT2D eigenvalue weighted by atomic mass is 10.3. The van der Waals surface area contributed by atoms with Gasteiger partial charge in [-0.05, 0) is 134 Å². The number of Topliss-reactive ketones (excluding diaryl/α,β-unsaturated/α-hetero) is 1. The van der Waals surface area contributed by atoms with Gasteiger partial charge in [-0.15, -0.1) is 37.2 Å². The zero-order chi connectivity index (χ0) is 84.5. The lowest BCUT2D eigenvalue weighted by molar-refractivity contribution is -0.145. The van der Waals surface area contributed by atoms with E-state index in [1.807, 2.05) is 66.7 Å². The molecule has 660 valence electrons. The normalized spacial score (nSPS) is 14.9. The van der Waals surface area contributed by atoms with Crippen LogP contribution < -0.4 is 79.2 Å². The van der Waals surface area contributed by atoms with Crippen LogP contribution in [-0.4, -0.2) is 183 Å². The lowest BCUT2D eigenvalue weighted by Gasteiger charge is -2.23. The molecule has 3 unspecified atom stereocenters. The van der Waals surface area contributed by atoms with Gasteiger partial charge in [0, 0.05) is 37.8 Å². The third-order valence-corrected chi connectivity index (χ3v) is 21.0. The summed E-state index contributed by atoms with van der Waals surface area (Å²) in [5.41, 5.74) is 36.7. The van der Waals surface area contributed by atoms with E-state index >= 15 is 0 Å². The molecule has 6 heterocycles. The fourth-order valence-corrected chi connectivity index (χ4v) is 15.1. The number of benzene rings is 3. The molecule has 6 aromatic heterocycles. The van der Waals surface area contributed by atoms with Crippen molar-refractivity contribution in [3.63, 3.8) is 0 Å². The number of fused-ring (bicyclic) bond motifs is 3. The number of nitrogens with one attached hydrogen (secondary N) is 6. The van der Waals surface area contributed by atoms with Crippen molar-refractivity contribution < 1.29 is 65.3 Å². The van der Waals surface area contributed by atoms with E-state index in [1.165, 1.54) is 6.92 Å². The average molecular weight is 1780 g/mol. The van der Waals surface area contributed by atoms with Crippen LogP contribution in [-0.2, 0) is 71.4 Å². The molecular formula is C75H120Cl3N24O14P3. The molecule has 18 N–H and O–H groups in total. The summed E-state index contributed by atoms with van der Waals surface area (Å²) in [6.45, 7) is 23.8. The Morgan fingerprint density at radius 1 is 0.429 bits per heavy atom. The maximum atomic E-state index is 13.6. The Balaban J connectivity index is 0.000000346. The monoisotopic (exact) mass is 1780 g/mol. The fraction of sp³-hybridized carbons (Fsp3) is 0.520. The molecule has 3 fully saturated rings. The SMILES string of the molecule is CC(=O)[C@H](C)NP(=O)(COCCn1cnc2c(NC3CC3)nc(N)nc21)Oc1ccccc1.CC(C)N.CC(C)N.CC(C)N.CCCOC(=O)[C@H](C)NP(=O)(COCCn1cnc2c(NC3CC3)nc(N)nc21)Oc1ccccc1.CCOC(=O)[C@H](C)NP(=O)(COCCn1cnc2c(NC3CC3)nc(N)nc21)Oc1ccccc1.Cl.Cl.Cl. The first kappa shape index (κ1) is 103. The number of halogens is 3. The van der Waals surface area contributed by atoms with Gasteiger partial charge in [-0.3, -0.25) is 28.1 Å². The molecule has 12 rings (SSSR count). The topological polar surface area (TPSA) is 535 Å². The highest BCUT2D eigenvalue weighted by Gasteiger charge is 2.35. The number of imidazole rings is 3. The van der Waals surface area contributed by atoms with E-state index in [0.717, 1.165) is 38.5 Å². The maximum Gasteiger partial charge on any atom is 0.342 e. The minimum absolute atomic E-state index is 0. The third kappa shape index (κ3) is 37.1. The van der Waals surface area contributed by atoms with Crippen LogP contribution >= 0.6 is 59.8 Å². The first-order valence-electron chi connectivity index (χ1n) is 38.7. The minimum atomic E-state index is -3.62. The number of nitrogens with zero attached hydrogens (tertiary/aromatic N) is 12. The van der Waals surface area contributed by atoms with Gasteiger partial charge in [-0.25, -0.2) is 30.2 Å². The molecule has 0 aliphatic heterocycles. The molecule has 3 saturated carbocycles. The van der Waals surface area contributed by atoms with Gasteiger partial charge in [0.15, 0.2) is 50.9 Å². The van der Waals surface area contributed by atoms with Gasteiger partial charge in [-0.1, -0.05) is 103 Å². The second kappa shape index (κ2) is 51.2. The predicted octanol–water partition coefficient (Wildman–Crippen LogP) is 11.1. The van der Waals surface area contributed by atoms with E-state index in [1.54, 1.807) is 133 Å². The summed E-state index contributed by atoms with van der Waals surface area (Å²) in [5, 5.41) is 18.3. The zero-order valence-electron chi connectivity index (χ0n) is 69.4. The number of hydrogen-bond acceptors (Lipinski definition) is 32. The van der Waals surface area contributed by atoms with Gasteiger partial charge in [0.25, 0.3) is 0 Å². The molecule has 0 spiro atoms. The molecule has 0 saturated heterocycles. The Kier molecular flexibility index (Phi) is 44.2. The smallest absolute Gasteiger partial charge is 0.342 e. The van der Waals surface area contributed by atoms with Crippen molar-refractivity contribution in [3.8, 4) is 17.2 Å². The first-order valence-corrected chi connectivity index (χ1v) is 44.1. The van der Waals surface area contributed by atoms with Crippen LogP contribution in [0.3, 0.4) is 0 Å². The molecule has 9 aromatic rings. The zero-order valence-corrected chi connectivity index (χ0v) is 74.6. The summed E-state index contributed by atoms with van der Waals surface area (Å²) in [5.74, 6) is 2.37. The number of para-hydroxylation sites is 3. The Hall–Kier alpha value is -8.68. The molecule has 44 heteroatoms. The van der Waals surface area contributed by atoms with Crippen molar-refractivity contribution in [1.29, 1.82) is 0 Å². The first-order chi connectivity index (χ1) is 55.3. The van der Waals surface area contributed by atoms with Crippen molar-refractivity contribution in [1.82, 2.24) is 73.8 Å². The van der Waals surface area contributed by atoms with Gasteiger partial charge in [0.1, 0.15) is 54.2 Å². The minimum Gasteiger partial charge on any atom is -0.465 e. The number of ketones is 1. The summed E-state index contributed by atoms with van der Waals surface area (Å²) >= 11 is 0. The van der Waals surface area contributed by atoms with Crippen LogP contribution in [0.15, 0.2) is 110 Å². The van der Waals surface area contributed by atoms with E-state index in [0.29, 0.717) is 130 Å². The van der Waals surface area contributed by atoms with E-state index in [-0.39, 0.29) is 113 Å². The molecule has 0 bridgehead atoms. The van der Waals surface area contributed by atoms with Crippen LogP contribution in [0.4, 0.5) is 35.3 Å². The highest BCUT2D eigenvalue weighted by atomic mass is 35.5. The lowest BCUT2D eigenvalue weighted by Crippen LogP contribution is -2.35. The average Bonchev–Trinajstić information content (AvgIpc) is 1.65. The highest BCUT2D eigenvalue weighted by Crippen LogP contribution is 2.46. The quantitative estimate of drug-likeness (QED) is 0.00967. The predicted molar refractivity (Wildman–Crippen MR) is 472 cm³/mol. The van der Waals surface area contributed by atoms with Crippen LogP contribution in [0.2, 0.25) is 0 Å². The van der Waals surface area contributed by atoms with Gasteiger partial charge in [-0.2, -0.15) is 29.9 Å². The van der Waals surface area contributed by atoms with Gasteiger partial charge < -0.3 is 101 Å². The number of esters is 2. The number of nitrogens with two attached hydrogens (primary N) is 6. The van der Waals surface area contributed by atoms with Crippen LogP contribution in [0, 0.1) is 0 Å². The van der Waals surface area contributed by atoms with Crippen molar-refractivity contribution in [2.45, 2.75) is 202 Å². The number of nitrogen functional groups attached to an aromatic ring is 3. The Morgan fingerprint density at radius 3 is 0.950 bits per heavy atom. The summed E-state index contributed by atoms with van der Waals surface area (Å²) in [4.78, 5) is 75.0. The number of carbonyl (C=O) groups is 3. The molecule has 38 nitrogen and oxygen atoms in total. The largest absolute Gasteiger partial charge is 0.465 e. The molecular weight excluding hydrogens is 1660 g/mol. The number of rotatable bonds is 39. The Morgan fingerprint density at radius 2 is 0.697 bits per heavy atom. The van der Waals surface area contributed by atoms with E-state index in [2.05, 4.69) is 76.1 Å². The molecule has 3 aliphatic rings. The molecule has 119 heavy (non-hydrogen) atoms. The Labute approximate surface area is 713 Å². The number of aromatic nitrogens is 12. The van der Waals surface area contributed by atoms with Gasteiger partial charge >= 0.3 is 34.5 Å². The van der Waals surface area contributed by atoms with Crippen molar-refractivity contribution in [2.75, 3.05) is 85.2 Å². The Bertz CT molecular complexity index is 4650. The second-order valence-electron chi connectivity index (χ2n) is 28.5. The van der Waals surface area contributed by atoms with Crippen LogP contribution in [0.25, 0.3) is 33.5 Å². The summed E-state index contributed by atoms with van der Waals surface area (Å²) in [6, 6.07) is 26.1. The molecule has 0 radical (unpaired) electrons. The molecule has 6 atom stereocenters. The number of hydrogen-bond donors (Lipinski definition) is 12. The van der Waals surface area contributed by atoms with Gasteiger partial charge in [0.05, 0.1) is 58.1 Å². The highest BCUT2D eigenvalue weighted by molar-refractivity contribution is 7.57. The fourth-order valence-electron chi connectivity index (χ4n) is 9.88. The number of ether oxygens (including phenoxy) is 5. The molecule has 3 aromatic carbocycles. The summed E-state index contributed by atoms with van der Waals surface area (Å²) in [6.07, 6.45) is 11.5. The summed E-state index contributed by atoms with van der Waals surface area (Å²) in [7, 11) is -10.7.